The zero-order valence-electron chi connectivity index (χ0n) is 14.3. The molecule has 1 amide bonds. The Kier molecular flexibility index (Phi) is 5.80. The Bertz CT molecular complexity index is 829. The summed E-state index contributed by atoms with van der Waals surface area (Å²) in [5.74, 6) is -0.391. The van der Waals surface area contributed by atoms with E-state index in [4.69, 9.17) is 4.74 Å². The Balaban J connectivity index is 1.73. The van der Waals surface area contributed by atoms with Crippen LogP contribution in [-0.4, -0.2) is 56.4 Å². The molecule has 0 spiro atoms. The number of nitrogens with one attached hydrogen (secondary N) is 1. The lowest BCUT2D eigenvalue weighted by Crippen LogP contribution is -2.40. The highest BCUT2D eigenvalue weighted by Gasteiger charge is 2.26. The first-order valence-corrected chi connectivity index (χ1v) is 9.96. The minimum absolute atomic E-state index is 0.0625. The number of nitrogens with zero attached hydrogens (tertiary/aromatic N) is 2. The van der Waals surface area contributed by atoms with Gasteiger partial charge in [-0.2, -0.15) is 9.41 Å². The third kappa shape index (κ3) is 4.35. The van der Waals surface area contributed by atoms with Crippen molar-refractivity contribution in [3.05, 3.63) is 29.8 Å². The van der Waals surface area contributed by atoms with Crippen molar-refractivity contribution in [3.63, 3.8) is 0 Å². The van der Waals surface area contributed by atoms with E-state index in [0.29, 0.717) is 44.9 Å². The number of hydrogen-bond acceptors (Lipinski definition) is 6. The van der Waals surface area contributed by atoms with Crippen molar-refractivity contribution in [1.82, 2.24) is 9.73 Å². The molecular formula is C17H21N3O5S. The summed E-state index contributed by atoms with van der Waals surface area (Å²) in [6.07, 6.45) is 2.22. The second kappa shape index (κ2) is 8.07. The number of Topliss-reactive ketones (excluding diaryl/α,β-unsaturated/α-hetero) is 1. The van der Waals surface area contributed by atoms with Gasteiger partial charge in [-0.25, -0.2) is 13.8 Å². The summed E-state index contributed by atoms with van der Waals surface area (Å²) in [7, 11) is -3.67. The molecule has 3 rings (SSSR count). The Hall–Kier alpha value is -2.10. The van der Waals surface area contributed by atoms with Crippen LogP contribution in [0.3, 0.4) is 0 Å². The van der Waals surface area contributed by atoms with Crippen molar-refractivity contribution in [3.8, 4) is 0 Å². The van der Waals surface area contributed by atoms with Gasteiger partial charge < -0.3 is 4.74 Å². The highest BCUT2D eigenvalue weighted by atomic mass is 32.2. The average molecular weight is 379 g/mol. The highest BCUT2D eigenvalue weighted by molar-refractivity contribution is 7.89. The third-order valence-corrected chi connectivity index (χ3v) is 6.24. The molecule has 9 heteroatoms. The molecule has 0 atom stereocenters. The molecule has 1 aromatic rings. The molecule has 1 saturated carbocycles. The summed E-state index contributed by atoms with van der Waals surface area (Å²) < 4.78 is 31.9. The van der Waals surface area contributed by atoms with Gasteiger partial charge in [0.1, 0.15) is 5.78 Å². The monoisotopic (exact) mass is 379 g/mol. The van der Waals surface area contributed by atoms with E-state index in [1.807, 2.05) is 0 Å². The standard InChI is InChI=1S/C17H21N3O5S/c21-15-5-2-4-14(12-15)18-19-17(22)13-3-1-6-16(11-13)26(23,24)20-7-9-25-10-8-20/h1,3,6,11H,2,4-5,7-10,12H2,(H,19,22)/b18-14-. The Labute approximate surface area is 152 Å². The molecule has 1 aromatic carbocycles. The van der Waals surface area contributed by atoms with E-state index < -0.39 is 15.9 Å². The predicted octanol–water partition coefficient (Wildman–Crippen LogP) is 0.936. The van der Waals surface area contributed by atoms with Gasteiger partial charge in [0.15, 0.2) is 0 Å². The maximum absolute atomic E-state index is 12.7. The molecule has 0 radical (unpaired) electrons. The quantitative estimate of drug-likeness (QED) is 0.784. The van der Waals surface area contributed by atoms with Gasteiger partial charge in [-0.05, 0) is 31.0 Å². The molecule has 0 bridgehead atoms. The maximum Gasteiger partial charge on any atom is 0.271 e. The van der Waals surface area contributed by atoms with E-state index in [0.717, 1.165) is 6.42 Å². The lowest BCUT2D eigenvalue weighted by Gasteiger charge is -2.26. The van der Waals surface area contributed by atoms with Gasteiger partial charge in [-0.15, -0.1) is 0 Å². The number of hydrazone groups is 1. The molecule has 1 heterocycles. The number of ketones is 1. The number of carbonyl (C=O) groups is 2. The van der Waals surface area contributed by atoms with E-state index in [1.54, 1.807) is 0 Å². The fraction of sp³-hybridized carbons (Fsp3) is 0.471. The maximum atomic E-state index is 12.7. The first kappa shape index (κ1) is 18.7. The van der Waals surface area contributed by atoms with Crippen LogP contribution in [0, 0.1) is 0 Å². The molecule has 1 N–H and O–H groups in total. The molecule has 0 unspecified atom stereocenters. The number of ether oxygens (including phenoxy) is 1. The van der Waals surface area contributed by atoms with Gasteiger partial charge >= 0.3 is 0 Å². The fourth-order valence-corrected chi connectivity index (χ4v) is 4.37. The number of sulfonamides is 1. The van der Waals surface area contributed by atoms with Crippen LogP contribution < -0.4 is 5.43 Å². The van der Waals surface area contributed by atoms with Crippen molar-refractivity contribution in [1.29, 1.82) is 0 Å². The smallest absolute Gasteiger partial charge is 0.271 e. The van der Waals surface area contributed by atoms with Gasteiger partial charge in [0.05, 0.1) is 18.1 Å². The van der Waals surface area contributed by atoms with Gasteiger partial charge in [0.2, 0.25) is 10.0 Å². The van der Waals surface area contributed by atoms with Crippen LogP contribution >= 0.6 is 0 Å². The fourth-order valence-electron chi connectivity index (χ4n) is 2.92. The van der Waals surface area contributed by atoms with Gasteiger partial charge in [-0.3, -0.25) is 9.59 Å². The van der Waals surface area contributed by atoms with Crippen molar-refractivity contribution in [2.45, 2.75) is 30.6 Å². The van der Waals surface area contributed by atoms with Gasteiger partial charge in [0.25, 0.3) is 5.91 Å². The van der Waals surface area contributed by atoms with Crippen molar-refractivity contribution in [2.75, 3.05) is 26.3 Å². The summed E-state index contributed by atoms with van der Waals surface area (Å²) in [6, 6.07) is 5.86. The molecule has 1 aliphatic carbocycles. The molecule has 8 nitrogen and oxygen atoms in total. The van der Waals surface area contributed by atoms with Crippen molar-refractivity contribution in [2.24, 2.45) is 5.10 Å². The van der Waals surface area contributed by atoms with Crippen LogP contribution in [0.5, 0.6) is 0 Å². The van der Waals surface area contributed by atoms with Crippen LogP contribution in [0.1, 0.15) is 36.0 Å². The van der Waals surface area contributed by atoms with Crippen LogP contribution in [0.2, 0.25) is 0 Å². The summed E-state index contributed by atoms with van der Waals surface area (Å²) in [5.41, 5.74) is 3.26. The SMILES string of the molecule is O=C1CCC/C(=N/NC(=O)c2cccc(S(=O)(=O)N3CCOCC3)c2)C1. The highest BCUT2D eigenvalue weighted by Crippen LogP contribution is 2.18. The normalized spacial score (nSPS) is 20.9. The molecule has 140 valence electrons. The number of carbonyl (C=O) groups excluding carboxylic acids is 2. The van der Waals surface area contributed by atoms with Gasteiger partial charge in [-0.1, -0.05) is 6.07 Å². The second-order valence-electron chi connectivity index (χ2n) is 6.23. The number of benzene rings is 1. The Morgan fingerprint density at radius 3 is 2.69 bits per heavy atom. The number of rotatable bonds is 4. The summed E-state index contributed by atoms with van der Waals surface area (Å²) in [4.78, 5) is 23.8. The van der Waals surface area contributed by atoms with E-state index in [2.05, 4.69) is 10.5 Å². The topological polar surface area (TPSA) is 105 Å². The molecule has 2 aliphatic rings. The van der Waals surface area contributed by atoms with Crippen molar-refractivity contribution < 1.29 is 22.7 Å². The van der Waals surface area contributed by atoms with Crippen molar-refractivity contribution >= 4 is 27.4 Å². The summed E-state index contributed by atoms with van der Waals surface area (Å²) in [6.45, 7) is 1.30. The van der Waals surface area contributed by atoms with E-state index in [1.165, 1.54) is 28.6 Å². The number of amides is 1. The van der Waals surface area contributed by atoms with Crippen LogP contribution in [0.15, 0.2) is 34.3 Å². The average Bonchev–Trinajstić information content (AvgIpc) is 2.67. The molecule has 26 heavy (non-hydrogen) atoms. The van der Waals surface area contributed by atoms with Crippen LogP contribution in [-0.2, 0) is 19.6 Å². The van der Waals surface area contributed by atoms with E-state index >= 15 is 0 Å². The molecule has 2 fully saturated rings. The molecule has 0 aromatic heterocycles. The Morgan fingerprint density at radius 1 is 1.19 bits per heavy atom. The minimum atomic E-state index is -3.67. The molecule has 1 aliphatic heterocycles. The zero-order valence-corrected chi connectivity index (χ0v) is 15.1. The van der Waals surface area contributed by atoms with E-state index in [9.17, 15) is 18.0 Å². The first-order valence-electron chi connectivity index (χ1n) is 8.52. The largest absolute Gasteiger partial charge is 0.379 e. The zero-order chi connectivity index (χ0) is 18.6. The summed E-state index contributed by atoms with van der Waals surface area (Å²) >= 11 is 0. The van der Waals surface area contributed by atoms with Gasteiger partial charge in [0, 0.05) is 37.2 Å². The molecule has 1 saturated heterocycles. The molecular weight excluding hydrogens is 358 g/mol. The lowest BCUT2D eigenvalue weighted by atomic mass is 9.97. The van der Waals surface area contributed by atoms with E-state index in [-0.39, 0.29) is 22.7 Å². The minimum Gasteiger partial charge on any atom is -0.379 e. The Morgan fingerprint density at radius 2 is 1.96 bits per heavy atom. The predicted molar refractivity (Wildman–Crippen MR) is 94.4 cm³/mol. The second-order valence-corrected chi connectivity index (χ2v) is 8.17. The summed E-state index contributed by atoms with van der Waals surface area (Å²) in [5, 5.41) is 4.01. The first-order chi connectivity index (χ1) is 12.5. The number of morpholine rings is 1. The number of hydrogen-bond donors (Lipinski definition) is 1. The lowest BCUT2D eigenvalue weighted by molar-refractivity contribution is -0.118. The van der Waals surface area contributed by atoms with Crippen LogP contribution in [0.25, 0.3) is 0 Å². The van der Waals surface area contributed by atoms with Crippen LogP contribution in [0.4, 0.5) is 0 Å². The third-order valence-electron chi connectivity index (χ3n) is 4.34.